The van der Waals surface area contributed by atoms with Gasteiger partial charge in [0, 0.05) is 23.9 Å². The monoisotopic (exact) mass is 406 g/mol. The van der Waals surface area contributed by atoms with Crippen molar-refractivity contribution in [2.24, 2.45) is 0 Å². The molecule has 0 aliphatic rings. The van der Waals surface area contributed by atoms with Gasteiger partial charge in [0.1, 0.15) is 17.1 Å². The minimum Gasteiger partial charge on any atom is -0.497 e. The third-order valence-electron chi connectivity index (χ3n) is 4.30. The van der Waals surface area contributed by atoms with Gasteiger partial charge in [-0.1, -0.05) is 23.5 Å². The molecule has 0 fully saturated rings. The number of imidazole rings is 1. The number of carbonyl (C=O) groups is 1. The maximum atomic E-state index is 12.9. The molecule has 0 radical (unpaired) electrons. The Morgan fingerprint density at radius 1 is 1.14 bits per heavy atom. The van der Waals surface area contributed by atoms with Crippen molar-refractivity contribution in [3.05, 3.63) is 59.7 Å². The standard InChI is InChI=1S/C20H18N6O2S/c1-21-14-5-3-4-13(10-14)18-23-16(12-6-8-15(28-2)9-7-12)17(24-18)19(27)25-20-26-22-11-29-20/h3-11,21H,1-2H3,(H,23,24)(H,25,26,27). The summed E-state index contributed by atoms with van der Waals surface area (Å²) in [5, 5.41) is 13.9. The molecule has 3 N–H and O–H groups in total. The quantitative estimate of drug-likeness (QED) is 0.449. The molecule has 1 amide bonds. The molecular formula is C20H18N6O2S. The molecule has 0 saturated heterocycles. The second kappa shape index (κ2) is 8.11. The van der Waals surface area contributed by atoms with Gasteiger partial charge in [-0.05, 0) is 36.4 Å². The number of rotatable bonds is 6. The number of nitrogens with zero attached hydrogens (tertiary/aromatic N) is 3. The first-order chi connectivity index (χ1) is 14.2. The lowest BCUT2D eigenvalue weighted by Crippen LogP contribution is -2.13. The normalized spacial score (nSPS) is 10.6. The first-order valence-electron chi connectivity index (χ1n) is 8.78. The number of carbonyl (C=O) groups excluding carboxylic acids is 1. The number of anilines is 2. The Kier molecular flexibility index (Phi) is 5.21. The molecule has 4 aromatic rings. The molecule has 2 aromatic heterocycles. The lowest BCUT2D eigenvalue weighted by molar-refractivity contribution is 0.102. The van der Waals surface area contributed by atoms with Crippen molar-refractivity contribution in [1.82, 2.24) is 20.2 Å². The minimum absolute atomic E-state index is 0.273. The van der Waals surface area contributed by atoms with E-state index in [1.165, 1.54) is 11.3 Å². The van der Waals surface area contributed by atoms with Gasteiger partial charge >= 0.3 is 0 Å². The number of aromatic nitrogens is 4. The van der Waals surface area contributed by atoms with E-state index in [0.717, 1.165) is 22.6 Å². The molecule has 8 nitrogen and oxygen atoms in total. The number of nitrogens with one attached hydrogen (secondary N) is 3. The van der Waals surface area contributed by atoms with Crippen LogP contribution >= 0.6 is 11.3 Å². The lowest BCUT2D eigenvalue weighted by Gasteiger charge is -2.04. The maximum Gasteiger partial charge on any atom is 0.278 e. The van der Waals surface area contributed by atoms with Crippen LogP contribution in [0.3, 0.4) is 0 Å². The van der Waals surface area contributed by atoms with Crippen molar-refractivity contribution in [3.63, 3.8) is 0 Å². The number of ether oxygens (including phenoxy) is 1. The summed E-state index contributed by atoms with van der Waals surface area (Å²) in [6.07, 6.45) is 0. The summed E-state index contributed by atoms with van der Waals surface area (Å²) >= 11 is 1.24. The number of aromatic amines is 1. The number of hydrogen-bond donors (Lipinski definition) is 3. The van der Waals surface area contributed by atoms with Crippen LogP contribution in [0.25, 0.3) is 22.6 Å². The van der Waals surface area contributed by atoms with Crippen molar-refractivity contribution in [2.45, 2.75) is 0 Å². The Hall–Kier alpha value is -3.72. The molecule has 0 aliphatic heterocycles. The van der Waals surface area contributed by atoms with Gasteiger partial charge in [-0.2, -0.15) is 0 Å². The Labute approximate surface area is 171 Å². The summed E-state index contributed by atoms with van der Waals surface area (Å²) in [6, 6.07) is 15.2. The highest BCUT2D eigenvalue weighted by molar-refractivity contribution is 7.13. The Morgan fingerprint density at radius 3 is 2.66 bits per heavy atom. The molecule has 2 aromatic carbocycles. The highest BCUT2D eigenvalue weighted by Crippen LogP contribution is 2.29. The number of hydrogen-bond acceptors (Lipinski definition) is 7. The molecule has 29 heavy (non-hydrogen) atoms. The van der Waals surface area contributed by atoms with Crippen molar-refractivity contribution < 1.29 is 9.53 Å². The first kappa shape index (κ1) is 18.6. The van der Waals surface area contributed by atoms with Crippen LogP contribution in [0, 0.1) is 0 Å². The summed E-state index contributed by atoms with van der Waals surface area (Å²) in [7, 11) is 3.46. The predicted molar refractivity (Wildman–Crippen MR) is 113 cm³/mol. The highest BCUT2D eigenvalue weighted by atomic mass is 32.1. The molecule has 0 bridgehead atoms. The average Bonchev–Trinajstić information content (AvgIpc) is 3.44. The summed E-state index contributed by atoms with van der Waals surface area (Å²) in [5.74, 6) is 0.963. The molecule has 0 atom stereocenters. The van der Waals surface area contributed by atoms with E-state index in [4.69, 9.17) is 4.74 Å². The molecule has 9 heteroatoms. The molecule has 0 aliphatic carbocycles. The molecule has 0 saturated carbocycles. The van der Waals surface area contributed by atoms with Gasteiger partial charge < -0.3 is 15.0 Å². The fourth-order valence-corrected chi connectivity index (χ4v) is 3.29. The van der Waals surface area contributed by atoms with Crippen LogP contribution in [0.2, 0.25) is 0 Å². The van der Waals surface area contributed by atoms with Gasteiger partial charge in [0.15, 0.2) is 5.69 Å². The number of H-pyrrole nitrogens is 1. The molecule has 146 valence electrons. The summed E-state index contributed by atoms with van der Waals surface area (Å²) in [6.45, 7) is 0. The highest BCUT2D eigenvalue weighted by Gasteiger charge is 2.21. The molecular weight excluding hydrogens is 388 g/mol. The van der Waals surface area contributed by atoms with E-state index >= 15 is 0 Å². The van der Waals surface area contributed by atoms with E-state index in [-0.39, 0.29) is 11.6 Å². The molecule has 0 unspecified atom stereocenters. The molecule has 4 rings (SSSR count). The Morgan fingerprint density at radius 2 is 1.97 bits per heavy atom. The fourth-order valence-electron chi connectivity index (χ4n) is 2.85. The summed E-state index contributed by atoms with van der Waals surface area (Å²) in [4.78, 5) is 20.8. The third kappa shape index (κ3) is 3.94. The summed E-state index contributed by atoms with van der Waals surface area (Å²) < 4.78 is 5.23. The lowest BCUT2D eigenvalue weighted by atomic mass is 10.1. The zero-order chi connectivity index (χ0) is 20.2. The van der Waals surface area contributed by atoms with Gasteiger partial charge in [-0.3, -0.25) is 10.1 Å². The third-order valence-corrected chi connectivity index (χ3v) is 4.91. The van der Waals surface area contributed by atoms with E-state index in [0.29, 0.717) is 16.6 Å². The van der Waals surface area contributed by atoms with Gasteiger partial charge in [-0.25, -0.2) is 4.98 Å². The maximum absolute atomic E-state index is 12.9. The van der Waals surface area contributed by atoms with Crippen LogP contribution in [-0.4, -0.2) is 40.2 Å². The SMILES string of the molecule is CNc1cccc(-c2nc(C(=O)Nc3nncs3)c(-c3ccc(OC)cc3)[nH]2)c1. The minimum atomic E-state index is -0.361. The van der Waals surface area contributed by atoms with E-state index < -0.39 is 0 Å². The van der Waals surface area contributed by atoms with Gasteiger partial charge in [0.2, 0.25) is 5.13 Å². The first-order valence-corrected chi connectivity index (χ1v) is 9.66. The summed E-state index contributed by atoms with van der Waals surface area (Å²) in [5.41, 5.74) is 5.07. The zero-order valence-electron chi connectivity index (χ0n) is 15.8. The largest absolute Gasteiger partial charge is 0.497 e. The number of amides is 1. The Balaban J connectivity index is 1.77. The van der Waals surface area contributed by atoms with Gasteiger partial charge in [0.05, 0.1) is 12.8 Å². The van der Waals surface area contributed by atoms with Crippen LogP contribution in [0.15, 0.2) is 54.0 Å². The zero-order valence-corrected chi connectivity index (χ0v) is 16.6. The average molecular weight is 406 g/mol. The van der Waals surface area contributed by atoms with Crippen LogP contribution in [0.1, 0.15) is 10.5 Å². The predicted octanol–water partition coefficient (Wildman–Crippen LogP) is 3.90. The van der Waals surface area contributed by atoms with Crippen LogP contribution < -0.4 is 15.4 Å². The molecule has 2 heterocycles. The van der Waals surface area contributed by atoms with Crippen molar-refractivity contribution in [3.8, 4) is 28.4 Å². The van der Waals surface area contributed by atoms with Crippen LogP contribution in [0.4, 0.5) is 10.8 Å². The van der Waals surface area contributed by atoms with Crippen molar-refractivity contribution in [1.29, 1.82) is 0 Å². The Bertz CT molecular complexity index is 1120. The van der Waals surface area contributed by atoms with E-state index in [1.807, 2.05) is 55.6 Å². The number of benzene rings is 2. The van der Waals surface area contributed by atoms with Crippen molar-refractivity contribution in [2.75, 3.05) is 24.8 Å². The van der Waals surface area contributed by atoms with Crippen molar-refractivity contribution >= 4 is 28.1 Å². The topological polar surface area (TPSA) is 105 Å². The van der Waals surface area contributed by atoms with E-state index in [9.17, 15) is 4.79 Å². The molecule has 0 spiro atoms. The van der Waals surface area contributed by atoms with Crippen LogP contribution in [0.5, 0.6) is 5.75 Å². The smallest absolute Gasteiger partial charge is 0.278 e. The van der Waals surface area contributed by atoms with E-state index in [1.54, 1.807) is 12.6 Å². The number of methoxy groups -OCH3 is 1. The second-order valence-electron chi connectivity index (χ2n) is 6.07. The second-order valence-corrected chi connectivity index (χ2v) is 6.90. The van der Waals surface area contributed by atoms with Gasteiger partial charge in [-0.15, -0.1) is 10.2 Å². The van der Waals surface area contributed by atoms with E-state index in [2.05, 4.69) is 30.8 Å². The van der Waals surface area contributed by atoms with Gasteiger partial charge in [0.25, 0.3) is 5.91 Å². The van der Waals surface area contributed by atoms with Crippen LogP contribution in [-0.2, 0) is 0 Å². The fraction of sp³-hybridized carbons (Fsp3) is 0.100.